The molecule has 3 aromatic rings. The first-order valence-electron chi connectivity index (χ1n) is 10.1. The molecule has 4 rings (SSSR count). The number of halogens is 3. The van der Waals surface area contributed by atoms with Gasteiger partial charge in [0.2, 0.25) is 0 Å². The molecule has 1 fully saturated rings. The molecule has 1 aliphatic rings. The monoisotopic (exact) mass is 460 g/mol. The topological polar surface area (TPSA) is 105 Å². The number of fused-ring (bicyclic) bond motifs is 1. The quantitative estimate of drug-likeness (QED) is 0.588. The first-order chi connectivity index (χ1) is 15.7. The molecule has 2 aromatic carbocycles. The summed E-state index contributed by atoms with van der Waals surface area (Å²) < 4.78 is 40.8. The fraction of sp³-hybridized carbons (Fsp3) is 0.273. The molecule has 1 atom stereocenters. The van der Waals surface area contributed by atoms with E-state index in [0.717, 1.165) is 0 Å². The number of piperidine rings is 1. The normalized spacial score (nSPS) is 16.5. The van der Waals surface area contributed by atoms with Crippen LogP contribution in [0.25, 0.3) is 10.9 Å². The lowest BCUT2D eigenvalue weighted by Crippen LogP contribution is -2.42. The average molecular weight is 460 g/mol. The molecule has 2 N–H and O–H groups in total. The number of ether oxygens (including phenoxy) is 1. The Labute approximate surface area is 186 Å². The van der Waals surface area contributed by atoms with Crippen molar-refractivity contribution >= 4 is 34.3 Å². The molecule has 172 valence electrons. The Balaban J connectivity index is 1.52. The molecular formula is C22H19F3N4O4. The summed E-state index contributed by atoms with van der Waals surface area (Å²) in [5, 5.41) is 12.9. The molecule has 1 aromatic heterocycles. The molecule has 1 amide bonds. The Morgan fingerprint density at radius 3 is 2.58 bits per heavy atom. The minimum Gasteiger partial charge on any atom is -0.481 e. The van der Waals surface area contributed by atoms with Gasteiger partial charge >= 0.3 is 12.3 Å². The number of nitrogens with one attached hydrogen (secondary N) is 1. The summed E-state index contributed by atoms with van der Waals surface area (Å²) in [4.78, 5) is 34.1. The summed E-state index contributed by atoms with van der Waals surface area (Å²) in [5.41, 5.74) is 1.35. The van der Waals surface area contributed by atoms with Gasteiger partial charge in [-0.3, -0.25) is 9.59 Å². The minimum absolute atomic E-state index is 0.164. The lowest BCUT2D eigenvalue weighted by atomic mass is 9.97. The van der Waals surface area contributed by atoms with Crippen molar-refractivity contribution in [1.29, 1.82) is 0 Å². The Hall–Kier alpha value is -3.89. The van der Waals surface area contributed by atoms with Crippen LogP contribution in [0.4, 0.5) is 24.7 Å². The molecule has 0 bridgehead atoms. The summed E-state index contributed by atoms with van der Waals surface area (Å²) in [5.74, 6) is -1.68. The van der Waals surface area contributed by atoms with Crippen molar-refractivity contribution in [2.45, 2.75) is 19.2 Å². The molecule has 0 aliphatic carbocycles. The number of aliphatic carboxylic acids is 1. The second-order valence-electron chi connectivity index (χ2n) is 7.58. The number of alkyl halides is 3. The molecule has 0 radical (unpaired) electrons. The van der Waals surface area contributed by atoms with E-state index < -0.39 is 18.2 Å². The van der Waals surface area contributed by atoms with Crippen LogP contribution in [-0.2, 0) is 4.79 Å². The highest BCUT2D eigenvalue weighted by molar-refractivity contribution is 6.00. The number of amides is 1. The molecule has 11 heteroatoms. The Bertz CT molecular complexity index is 1180. The second-order valence-corrected chi connectivity index (χ2v) is 7.58. The molecule has 1 aliphatic heterocycles. The van der Waals surface area contributed by atoms with Gasteiger partial charge in [-0.25, -0.2) is 9.97 Å². The Morgan fingerprint density at radius 2 is 1.88 bits per heavy atom. The maximum atomic E-state index is 12.9. The molecule has 0 spiro atoms. The van der Waals surface area contributed by atoms with Gasteiger partial charge in [0.15, 0.2) is 0 Å². The largest absolute Gasteiger partial charge is 0.573 e. The number of carboxylic acids is 1. The van der Waals surface area contributed by atoms with Crippen LogP contribution in [0.5, 0.6) is 5.75 Å². The molecule has 1 saturated heterocycles. The van der Waals surface area contributed by atoms with Gasteiger partial charge in [-0.2, -0.15) is 0 Å². The number of anilines is 2. The first-order valence-corrected chi connectivity index (χ1v) is 10.1. The number of benzene rings is 2. The van der Waals surface area contributed by atoms with Crippen LogP contribution in [0.2, 0.25) is 0 Å². The predicted octanol–water partition coefficient (Wildman–Crippen LogP) is 4.21. The molecule has 33 heavy (non-hydrogen) atoms. The van der Waals surface area contributed by atoms with E-state index in [0.29, 0.717) is 47.4 Å². The number of aromatic nitrogens is 2. The molecule has 8 nitrogen and oxygen atoms in total. The zero-order valence-electron chi connectivity index (χ0n) is 17.2. The zero-order valence-corrected chi connectivity index (χ0v) is 17.2. The molecular weight excluding hydrogens is 441 g/mol. The van der Waals surface area contributed by atoms with E-state index in [9.17, 15) is 27.9 Å². The third-order valence-electron chi connectivity index (χ3n) is 5.29. The first kappa shape index (κ1) is 22.3. The standard InChI is InChI=1S/C22H19F3N4O4/c23-22(24,25)33-16-6-4-15(5-7-16)28-19-17-8-3-13(10-18(17)26-12-27-19)20(30)29-9-1-2-14(11-29)21(31)32/h3-8,10,12,14H,1-2,9,11H2,(H,31,32)(H,26,27,28). The third kappa shape index (κ3) is 5.30. The zero-order chi connectivity index (χ0) is 23.6. The van der Waals surface area contributed by atoms with Crippen molar-refractivity contribution in [2.24, 2.45) is 5.92 Å². The lowest BCUT2D eigenvalue weighted by molar-refractivity contribution is -0.274. The van der Waals surface area contributed by atoms with E-state index in [4.69, 9.17) is 0 Å². The van der Waals surface area contributed by atoms with Crippen molar-refractivity contribution in [3.63, 3.8) is 0 Å². The van der Waals surface area contributed by atoms with Crippen molar-refractivity contribution in [3.8, 4) is 5.75 Å². The van der Waals surface area contributed by atoms with Crippen LogP contribution in [0, 0.1) is 5.92 Å². The van der Waals surface area contributed by atoms with Crippen molar-refractivity contribution in [1.82, 2.24) is 14.9 Å². The average Bonchev–Trinajstić information content (AvgIpc) is 2.79. The van der Waals surface area contributed by atoms with Gasteiger partial charge in [-0.15, -0.1) is 13.2 Å². The van der Waals surface area contributed by atoms with Crippen molar-refractivity contribution < 1.29 is 32.6 Å². The highest BCUT2D eigenvalue weighted by atomic mass is 19.4. The van der Waals surface area contributed by atoms with Gasteiger partial charge in [0.05, 0.1) is 11.4 Å². The predicted molar refractivity (Wildman–Crippen MR) is 112 cm³/mol. The van der Waals surface area contributed by atoms with Gasteiger partial charge < -0.3 is 20.1 Å². The minimum atomic E-state index is -4.77. The molecule has 0 saturated carbocycles. The number of hydrogen-bond acceptors (Lipinski definition) is 6. The fourth-order valence-corrected chi connectivity index (χ4v) is 3.71. The Morgan fingerprint density at radius 1 is 1.12 bits per heavy atom. The SMILES string of the molecule is O=C(O)C1CCCN(C(=O)c2ccc3c(Nc4ccc(OC(F)(F)F)cc4)ncnc3c2)C1. The van der Waals surface area contributed by atoms with E-state index in [2.05, 4.69) is 20.0 Å². The Kier molecular flexibility index (Phi) is 6.03. The van der Waals surface area contributed by atoms with Gasteiger partial charge in [-0.1, -0.05) is 0 Å². The highest BCUT2D eigenvalue weighted by Gasteiger charge is 2.31. The van der Waals surface area contributed by atoms with Crippen molar-refractivity contribution in [2.75, 3.05) is 18.4 Å². The molecule has 1 unspecified atom stereocenters. The van der Waals surface area contributed by atoms with Crippen LogP contribution in [0.3, 0.4) is 0 Å². The van der Waals surface area contributed by atoms with E-state index >= 15 is 0 Å². The van der Waals surface area contributed by atoms with E-state index in [-0.39, 0.29) is 18.2 Å². The number of carbonyl (C=O) groups is 2. The lowest BCUT2D eigenvalue weighted by Gasteiger charge is -2.30. The number of likely N-dealkylation sites (tertiary alicyclic amines) is 1. The summed E-state index contributed by atoms with van der Waals surface area (Å²) in [6.45, 7) is 0.655. The van der Waals surface area contributed by atoms with Crippen LogP contribution in [-0.4, -0.2) is 51.3 Å². The summed E-state index contributed by atoms with van der Waals surface area (Å²) in [6, 6.07) is 10.1. The van der Waals surface area contributed by atoms with E-state index in [1.54, 1.807) is 18.2 Å². The van der Waals surface area contributed by atoms with Gasteiger partial charge in [-0.05, 0) is 55.3 Å². The number of carbonyl (C=O) groups excluding carboxylic acids is 1. The summed E-state index contributed by atoms with van der Waals surface area (Å²) in [6.07, 6.45) is -2.29. The fourth-order valence-electron chi connectivity index (χ4n) is 3.71. The number of nitrogens with zero attached hydrogens (tertiary/aromatic N) is 3. The van der Waals surface area contributed by atoms with Gasteiger partial charge in [0, 0.05) is 29.7 Å². The number of rotatable bonds is 5. The van der Waals surface area contributed by atoms with Gasteiger partial charge in [0.25, 0.3) is 5.91 Å². The van der Waals surface area contributed by atoms with Crippen LogP contribution in [0.15, 0.2) is 48.8 Å². The summed E-state index contributed by atoms with van der Waals surface area (Å²) >= 11 is 0. The van der Waals surface area contributed by atoms with Crippen LogP contribution >= 0.6 is 0 Å². The number of hydrogen-bond donors (Lipinski definition) is 2. The number of carboxylic acid groups (broad SMARTS) is 1. The van der Waals surface area contributed by atoms with E-state index in [1.165, 1.54) is 35.5 Å². The summed E-state index contributed by atoms with van der Waals surface area (Å²) in [7, 11) is 0. The third-order valence-corrected chi connectivity index (χ3v) is 5.29. The van der Waals surface area contributed by atoms with Crippen LogP contribution in [0.1, 0.15) is 23.2 Å². The maximum absolute atomic E-state index is 12.9. The van der Waals surface area contributed by atoms with Crippen LogP contribution < -0.4 is 10.1 Å². The maximum Gasteiger partial charge on any atom is 0.573 e. The van der Waals surface area contributed by atoms with E-state index in [1.807, 2.05) is 0 Å². The van der Waals surface area contributed by atoms with Crippen molar-refractivity contribution in [3.05, 3.63) is 54.4 Å². The highest BCUT2D eigenvalue weighted by Crippen LogP contribution is 2.28. The smallest absolute Gasteiger partial charge is 0.481 e. The molecule has 2 heterocycles. The van der Waals surface area contributed by atoms with Gasteiger partial charge in [0.1, 0.15) is 17.9 Å². The second kappa shape index (κ2) is 8.93.